The number of hydrogen-bond donors (Lipinski definition) is 1. The van der Waals surface area contributed by atoms with E-state index in [1.807, 2.05) is 0 Å². The molecule has 0 spiro atoms. The lowest BCUT2D eigenvalue weighted by Gasteiger charge is -2.40. The van der Waals surface area contributed by atoms with E-state index in [0.29, 0.717) is 6.04 Å². The molecule has 3 unspecified atom stereocenters. The summed E-state index contributed by atoms with van der Waals surface area (Å²) in [5.41, 5.74) is 0. The first kappa shape index (κ1) is 14.0. The van der Waals surface area contributed by atoms with Gasteiger partial charge in [-0.15, -0.1) is 0 Å². The molecule has 1 N–H and O–H groups in total. The van der Waals surface area contributed by atoms with Crippen molar-refractivity contribution in [1.29, 1.82) is 0 Å². The number of nitrogens with zero attached hydrogens (tertiary/aromatic N) is 1. The second-order valence-corrected chi connectivity index (χ2v) is 5.96. The minimum Gasteiger partial charge on any atom is -0.318 e. The van der Waals surface area contributed by atoms with Crippen LogP contribution in [0.1, 0.15) is 46.5 Å². The summed E-state index contributed by atoms with van der Waals surface area (Å²) in [5, 5.41) is 3.34. The number of hydrogen-bond acceptors (Lipinski definition) is 2. The summed E-state index contributed by atoms with van der Waals surface area (Å²) in [6.45, 7) is 8.19. The summed E-state index contributed by atoms with van der Waals surface area (Å²) in [7, 11) is 4.39. The second-order valence-electron chi connectivity index (χ2n) is 5.96. The third kappa shape index (κ3) is 3.74. The summed E-state index contributed by atoms with van der Waals surface area (Å²) in [6, 6.07) is 1.49. The van der Waals surface area contributed by atoms with Crippen LogP contribution in [0.25, 0.3) is 0 Å². The van der Waals surface area contributed by atoms with Crippen molar-refractivity contribution in [3.8, 4) is 0 Å². The molecule has 0 heterocycles. The molecule has 2 nitrogen and oxygen atoms in total. The van der Waals surface area contributed by atoms with E-state index in [4.69, 9.17) is 0 Å². The van der Waals surface area contributed by atoms with Crippen LogP contribution in [0.2, 0.25) is 0 Å². The quantitative estimate of drug-likeness (QED) is 0.775. The molecule has 2 heteroatoms. The third-order valence-electron chi connectivity index (χ3n) is 4.19. The highest BCUT2D eigenvalue weighted by Gasteiger charge is 2.28. The van der Waals surface area contributed by atoms with E-state index in [2.05, 4.69) is 45.1 Å². The number of likely N-dealkylation sites (N-methyl/N-ethyl adjacent to an activating group) is 2. The summed E-state index contributed by atoms with van der Waals surface area (Å²) in [4.78, 5) is 2.64. The van der Waals surface area contributed by atoms with Crippen molar-refractivity contribution in [2.45, 2.75) is 58.5 Å². The van der Waals surface area contributed by atoms with E-state index in [0.717, 1.165) is 24.4 Å². The predicted octanol–water partition coefficient (Wildman–Crippen LogP) is 2.74. The molecule has 0 bridgehead atoms. The van der Waals surface area contributed by atoms with E-state index in [1.54, 1.807) is 0 Å². The molecule has 1 aliphatic carbocycles. The standard InChI is InChI=1S/C14H30N2/c1-11(2)14(10-15-4)16(5)13-8-6-7-12(3)9-13/h11-15H,6-10H2,1-5H3. The topological polar surface area (TPSA) is 15.3 Å². The van der Waals surface area contributed by atoms with E-state index < -0.39 is 0 Å². The average molecular weight is 226 g/mol. The van der Waals surface area contributed by atoms with Gasteiger partial charge in [0.15, 0.2) is 0 Å². The zero-order valence-electron chi connectivity index (χ0n) is 11.8. The Bertz CT molecular complexity index is 191. The van der Waals surface area contributed by atoms with Crippen LogP contribution >= 0.6 is 0 Å². The van der Waals surface area contributed by atoms with Crippen LogP contribution in [0.4, 0.5) is 0 Å². The van der Waals surface area contributed by atoms with Crippen molar-refractivity contribution in [2.75, 3.05) is 20.6 Å². The first-order valence-electron chi connectivity index (χ1n) is 6.92. The van der Waals surface area contributed by atoms with Crippen molar-refractivity contribution in [1.82, 2.24) is 10.2 Å². The maximum absolute atomic E-state index is 3.34. The molecule has 0 amide bonds. The zero-order chi connectivity index (χ0) is 12.1. The molecule has 96 valence electrons. The maximum Gasteiger partial charge on any atom is 0.0243 e. The first-order valence-corrected chi connectivity index (χ1v) is 6.92. The summed E-state index contributed by atoms with van der Waals surface area (Å²) in [5.74, 6) is 1.65. The predicted molar refractivity (Wildman–Crippen MR) is 71.7 cm³/mol. The van der Waals surface area contributed by atoms with Gasteiger partial charge in [0.2, 0.25) is 0 Å². The largest absolute Gasteiger partial charge is 0.318 e. The van der Waals surface area contributed by atoms with Crippen LogP contribution < -0.4 is 5.32 Å². The molecular weight excluding hydrogens is 196 g/mol. The summed E-state index contributed by atoms with van der Waals surface area (Å²) < 4.78 is 0. The summed E-state index contributed by atoms with van der Waals surface area (Å²) >= 11 is 0. The molecule has 1 fully saturated rings. The Kier molecular flexibility index (Phi) is 5.77. The summed E-state index contributed by atoms with van der Waals surface area (Å²) in [6.07, 6.45) is 5.64. The molecule has 0 radical (unpaired) electrons. The zero-order valence-corrected chi connectivity index (χ0v) is 11.8. The fraction of sp³-hybridized carbons (Fsp3) is 1.00. The second kappa shape index (κ2) is 6.61. The van der Waals surface area contributed by atoms with Gasteiger partial charge in [0.05, 0.1) is 0 Å². The first-order chi connectivity index (χ1) is 7.56. The Labute approximate surface area is 102 Å². The third-order valence-corrected chi connectivity index (χ3v) is 4.19. The van der Waals surface area contributed by atoms with Crippen LogP contribution in [0.15, 0.2) is 0 Å². The molecule has 0 aromatic rings. The number of nitrogens with one attached hydrogen (secondary N) is 1. The monoisotopic (exact) mass is 226 g/mol. The Morgan fingerprint density at radius 1 is 1.31 bits per heavy atom. The maximum atomic E-state index is 3.34. The Morgan fingerprint density at radius 3 is 2.50 bits per heavy atom. The van der Waals surface area contributed by atoms with Gasteiger partial charge in [-0.1, -0.05) is 33.6 Å². The van der Waals surface area contributed by atoms with Gasteiger partial charge < -0.3 is 5.32 Å². The van der Waals surface area contributed by atoms with Crippen LogP contribution in [0.3, 0.4) is 0 Å². The lowest BCUT2D eigenvalue weighted by molar-refractivity contribution is 0.0932. The van der Waals surface area contributed by atoms with Crippen molar-refractivity contribution in [2.24, 2.45) is 11.8 Å². The molecule has 1 saturated carbocycles. The van der Waals surface area contributed by atoms with E-state index in [1.165, 1.54) is 25.7 Å². The molecule has 16 heavy (non-hydrogen) atoms. The van der Waals surface area contributed by atoms with Crippen LogP contribution in [0, 0.1) is 11.8 Å². The van der Waals surface area contributed by atoms with Crippen LogP contribution in [-0.4, -0.2) is 37.6 Å². The van der Waals surface area contributed by atoms with E-state index in [9.17, 15) is 0 Å². The normalized spacial score (nSPS) is 28.7. The molecule has 1 aliphatic rings. The van der Waals surface area contributed by atoms with Crippen molar-refractivity contribution < 1.29 is 0 Å². The van der Waals surface area contributed by atoms with Gasteiger partial charge >= 0.3 is 0 Å². The Balaban J connectivity index is 2.54. The molecule has 0 saturated heterocycles. The van der Waals surface area contributed by atoms with Gasteiger partial charge in [-0.3, -0.25) is 4.90 Å². The van der Waals surface area contributed by atoms with Gasteiger partial charge in [0.25, 0.3) is 0 Å². The van der Waals surface area contributed by atoms with Gasteiger partial charge in [-0.25, -0.2) is 0 Å². The van der Waals surface area contributed by atoms with E-state index in [-0.39, 0.29) is 0 Å². The lowest BCUT2D eigenvalue weighted by atomic mass is 9.85. The molecule has 1 rings (SSSR count). The minimum atomic E-state index is 0.681. The highest BCUT2D eigenvalue weighted by molar-refractivity contribution is 4.83. The average Bonchev–Trinajstić information content (AvgIpc) is 2.24. The van der Waals surface area contributed by atoms with Crippen molar-refractivity contribution in [3.05, 3.63) is 0 Å². The van der Waals surface area contributed by atoms with E-state index >= 15 is 0 Å². The molecular formula is C14H30N2. The van der Waals surface area contributed by atoms with Crippen LogP contribution in [0.5, 0.6) is 0 Å². The SMILES string of the molecule is CNCC(C(C)C)N(C)C1CCCC(C)C1. The van der Waals surface area contributed by atoms with Gasteiger partial charge in [0, 0.05) is 18.6 Å². The number of rotatable bonds is 5. The Hall–Kier alpha value is -0.0800. The highest BCUT2D eigenvalue weighted by atomic mass is 15.2. The van der Waals surface area contributed by atoms with Crippen LogP contribution in [-0.2, 0) is 0 Å². The fourth-order valence-corrected chi connectivity index (χ4v) is 3.10. The van der Waals surface area contributed by atoms with Crippen molar-refractivity contribution >= 4 is 0 Å². The molecule has 0 aliphatic heterocycles. The lowest BCUT2D eigenvalue weighted by Crippen LogP contribution is -2.49. The van der Waals surface area contributed by atoms with Gasteiger partial charge in [-0.05, 0) is 38.8 Å². The van der Waals surface area contributed by atoms with Gasteiger partial charge in [-0.2, -0.15) is 0 Å². The highest BCUT2D eigenvalue weighted by Crippen LogP contribution is 2.28. The molecule has 0 aromatic carbocycles. The fourth-order valence-electron chi connectivity index (χ4n) is 3.10. The van der Waals surface area contributed by atoms with Gasteiger partial charge in [0.1, 0.15) is 0 Å². The minimum absolute atomic E-state index is 0.681. The smallest absolute Gasteiger partial charge is 0.0243 e. The molecule has 3 atom stereocenters. The molecule has 0 aromatic heterocycles. The van der Waals surface area contributed by atoms with Crippen molar-refractivity contribution in [3.63, 3.8) is 0 Å². The Morgan fingerprint density at radius 2 is 2.00 bits per heavy atom.